The number of hydrogen-bond donors (Lipinski definition) is 0. The van der Waals surface area contributed by atoms with Crippen LogP contribution in [0, 0.1) is 0 Å². The van der Waals surface area contributed by atoms with E-state index in [0.29, 0.717) is 0 Å². The van der Waals surface area contributed by atoms with E-state index in [2.05, 4.69) is 11.6 Å². The zero-order chi connectivity index (χ0) is 6.41. The highest BCUT2D eigenvalue weighted by Gasteiger charge is 1.66. The number of rotatable bonds is 2. The maximum Gasteiger partial charge on any atom is 0.0300 e. The standard InChI is InChI=1S/C7H11N/c1-4-5-6-8-7(2)3/h4-6H,2H2,1,3H3. The lowest BCUT2D eigenvalue weighted by Crippen LogP contribution is -1.64. The molecule has 0 bridgehead atoms. The van der Waals surface area contributed by atoms with Crippen LogP contribution < -0.4 is 0 Å². The van der Waals surface area contributed by atoms with Crippen LogP contribution in [0.5, 0.6) is 0 Å². The number of nitrogens with zero attached hydrogens (tertiary/aromatic N) is 1. The van der Waals surface area contributed by atoms with Gasteiger partial charge >= 0.3 is 0 Å². The third-order valence-electron chi connectivity index (χ3n) is 0.573. The van der Waals surface area contributed by atoms with Gasteiger partial charge in [0.2, 0.25) is 0 Å². The topological polar surface area (TPSA) is 12.4 Å². The molecular formula is C7H11N. The maximum atomic E-state index is 3.91. The van der Waals surface area contributed by atoms with Crippen LogP contribution in [0.15, 0.2) is 29.4 Å². The monoisotopic (exact) mass is 109 g/mol. The van der Waals surface area contributed by atoms with Crippen LogP contribution in [0.2, 0.25) is 0 Å². The van der Waals surface area contributed by atoms with Gasteiger partial charge in [0.15, 0.2) is 0 Å². The molecule has 0 amide bonds. The molecule has 0 aromatic heterocycles. The van der Waals surface area contributed by atoms with Gasteiger partial charge in [-0.1, -0.05) is 12.7 Å². The van der Waals surface area contributed by atoms with Crippen molar-refractivity contribution in [3.05, 3.63) is 24.4 Å². The van der Waals surface area contributed by atoms with Crippen molar-refractivity contribution in [1.29, 1.82) is 0 Å². The molecule has 0 aromatic rings. The Balaban J connectivity index is 3.50. The van der Waals surface area contributed by atoms with E-state index in [0.717, 1.165) is 5.70 Å². The van der Waals surface area contributed by atoms with Crippen LogP contribution >= 0.6 is 0 Å². The average Bonchev–Trinajstić information content (AvgIpc) is 1.66. The highest BCUT2D eigenvalue weighted by atomic mass is 14.7. The quantitative estimate of drug-likeness (QED) is 0.482. The Labute approximate surface area is 50.4 Å². The molecule has 0 saturated heterocycles. The minimum atomic E-state index is 0.836. The number of hydrogen-bond acceptors (Lipinski definition) is 1. The molecule has 0 N–H and O–H groups in total. The van der Waals surface area contributed by atoms with E-state index in [1.165, 1.54) is 0 Å². The molecule has 0 aliphatic heterocycles. The third-order valence-corrected chi connectivity index (χ3v) is 0.573. The molecule has 0 fully saturated rings. The van der Waals surface area contributed by atoms with Crippen molar-refractivity contribution < 1.29 is 0 Å². The number of aliphatic imine (C=N–C) groups is 1. The summed E-state index contributed by atoms with van der Waals surface area (Å²) in [5, 5.41) is 0. The van der Waals surface area contributed by atoms with Crippen molar-refractivity contribution in [2.75, 3.05) is 0 Å². The SMILES string of the molecule is C=C(C)N=CC=CC. The molecule has 0 heterocycles. The van der Waals surface area contributed by atoms with Crippen molar-refractivity contribution >= 4 is 6.21 Å². The molecular weight excluding hydrogens is 98.1 g/mol. The molecule has 0 spiro atoms. The first-order chi connectivity index (χ1) is 3.77. The molecule has 44 valence electrons. The Hall–Kier alpha value is -0.850. The first-order valence-electron chi connectivity index (χ1n) is 2.58. The Morgan fingerprint density at radius 2 is 2.25 bits per heavy atom. The summed E-state index contributed by atoms with van der Waals surface area (Å²) in [6.07, 6.45) is 5.52. The van der Waals surface area contributed by atoms with Crippen molar-refractivity contribution in [3.8, 4) is 0 Å². The molecule has 0 saturated carbocycles. The van der Waals surface area contributed by atoms with Gasteiger partial charge in [-0.05, 0) is 19.9 Å². The molecule has 8 heavy (non-hydrogen) atoms. The van der Waals surface area contributed by atoms with E-state index in [-0.39, 0.29) is 0 Å². The van der Waals surface area contributed by atoms with E-state index in [4.69, 9.17) is 0 Å². The highest BCUT2D eigenvalue weighted by molar-refractivity contribution is 5.71. The first kappa shape index (κ1) is 7.15. The lowest BCUT2D eigenvalue weighted by Gasteiger charge is -1.79. The van der Waals surface area contributed by atoms with E-state index >= 15 is 0 Å². The Kier molecular flexibility index (Phi) is 3.85. The largest absolute Gasteiger partial charge is 0.262 e. The van der Waals surface area contributed by atoms with Gasteiger partial charge in [0.1, 0.15) is 0 Å². The van der Waals surface area contributed by atoms with Gasteiger partial charge in [-0.25, -0.2) is 0 Å². The van der Waals surface area contributed by atoms with Gasteiger partial charge in [0.05, 0.1) is 0 Å². The van der Waals surface area contributed by atoms with Gasteiger partial charge in [-0.2, -0.15) is 0 Å². The molecule has 0 aromatic carbocycles. The fourth-order valence-corrected chi connectivity index (χ4v) is 0.256. The predicted molar refractivity (Wildman–Crippen MR) is 38.1 cm³/mol. The Bertz CT molecular complexity index is 120. The lowest BCUT2D eigenvalue weighted by atomic mass is 10.5. The van der Waals surface area contributed by atoms with E-state index in [1.807, 2.05) is 26.0 Å². The minimum Gasteiger partial charge on any atom is -0.262 e. The zero-order valence-electron chi connectivity index (χ0n) is 5.39. The van der Waals surface area contributed by atoms with Gasteiger partial charge in [0, 0.05) is 11.9 Å². The number of allylic oxidation sites excluding steroid dienone is 3. The Morgan fingerprint density at radius 3 is 2.62 bits per heavy atom. The van der Waals surface area contributed by atoms with Crippen molar-refractivity contribution in [2.24, 2.45) is 4.99 Å². The van der Waals surface area contributed by atoms with Crippen LogP contribution in [0.4, 0.5) is 0 Å². The zero-order valence-corrected chi connectivity index (χ0v) is 5.39. The summed E-state index contributed by atoms with van der Waals surface area (Å²) in [5.41, 5.74) is 0.836. The summed E-state index contributed by atoms with van der Waals surface area (Å²) in [6.45, 7) is 7.41. The summed E-state index contributed by atoms with van der Waals surface area (Å²) in [5.74, 6) is 0. The fraction of sp³-hybridized carbons (Fsp3) is 0.286. The van der Waals surface area contributed by atoms with E-state index < -0.39 is 0 Å². The Morgan fingerprint density at radius 1 is 1.62 bits per heavy atom. The molecule has 0 aliphatic carbocycles. The predicted octanol–water partition coefficient (Wildman–Crippen LogP) is 2.17. The van der Waals surface area contributed by atoms with Crippen LogP contribution in [0.1, 0.15) is 13.8 Å². The first-order valence-corrected chi connectivity index (χ1v) is 2.58. The van der Waals surface area contributed by atoms with Crippen LogP contribution in [-0.2, 0) is 0 Å². The third kappa shape index (κ3) is 5.15. The van der Waals surface area contributed by atoms with Crippen LogP contribution in [-0.4, -0.2) is 6.21 Å². The van der Waals surface area contributed by atoms with Crippen molar-refractivity contribution in [2.45, 2.75) is 13.8 Å². The molecule has 1 heteroatoms. The molecule has 0 unspecified atom stereocenters. The van der Waals surface area contributed by atoms with Gasteiger partial charge < -0.3 is 0 Å². The van der Waals surface area contributed by atoms with E-state index in [9.17, 15) is 0 Å². The molecule has 0 rings (SSSR count). The van der Waals surface area contributed by atoms with Gasteiger partial charge in [-0.15, -0.1) is 0 Å². The summed E-state index contributed by atoms with van der Waals surface area (Å²) in [7, 11) is 0. The fourth-order valence-electron chi connectivity index (χ4n) is 0.256. The highest BCUT2D eigenvalue weighted by Crippen LogP contribution is 1.84. The van der Waals surface area contributed by atoms with Gasteiger partial charge in [-0.3, -0.25) is 4.99 Å². The second kappa shape index (κ2) is 4.31. The van der Waals surface area contributed by atoms with Crippen molar-refractivity contribution in [3.63, 3.8) is 0 Å². The van der Waals surface area contributed by atoms with Crippen LogP contribution in [0.25, 0.3) is 0 Å². The van der Waals surface area contributed by atoms with Crippen molar-refractivity contribution in [1.82, 2.24) is 0 Å². The maximum absolute atomic E-state index is 3.91. The average molecular weight is 109 g/mol. The molecule has 1 nitrogen and oxygen atoms in total. The smallest absolute Gasteiger partial charge is 0.0300 e. The van der Waals surface area contributed by atoms with Crippen LogP contribution in [0.3, 0.4) is 0 Å². The molecule has 0 atom stereocenters. The normalized spacial score (nSPS) is 11.2. The van der Waals surface area contributed by atoms with Gasteiger partial charge in [0.25, 0.3) is 0 Å². The summed E-state index contributed by atoms with van der Waals surface area (Å²) in [4.78, 5) is 3.91. The molecule has 0 aliphatic rings. The second-order valence-corrected chi connectivity index (χ2v) is 1.54. The summed E-state index contributed by atoms with van der Waals surface area (Å²) < 4.78 is 0. The summed E-state index contributed by atoms with van der Waals surface area (Å²) >= 11 is 0. The second-order valence-electron chi connectivity index (χ2n) is 1.54. The minimum absolute atomic E-state index is 0.836. The lowest BCUT2D eigenvalue weighted by molar-refractivity contribution is 1.34. The van der Waals surface area contributed by atoms with E-state index in [1.54, 1.807) is 6.21 Å². The molecule has 0 radical (unpaired) electrons. The summed E-state index contributed by atoms with van der Waals surface area (Å²) in [6, 6.07) is 0.